The molecule has 1 atom stereocenters. The molecular weight excluding hydrogens is 470 g/mol. The molecule has 190 valence electrons. The Balaban J connectivity index is 1.20. The highest BCUT2D eigenvalue weighted by atomic mass is 16.5. The van der Waals surface area contributed by atoms with Crippen LogP contribution in [0, 0.1) is 0 Å². The van der Waals surface area contributed by atoms with Crippen LogP contribution in [-0.4, -0.2) is 36.4 Å². The Morgan fingerprint density at radius 1 is 1.00 bits per heavy atom. The third kappa shape index (κ3) is 4.87. The Morgan fingerprint density at radius 3 is 2.59 bits per heavy atom. The standard InChI is InChI=1S/C29H29N3O5/c1-36-25-16-21(13-14-24(25)37-19-20-8-3-2-4-9-20)17-30-26(33)18-32-27(34)29(31-28(32)35)15-7-11-22-10-5-6-12-23(22)29/h2-6,8-10,12-14,16H,7,11,15,17-19H2,1H3,(H,30,33)(H,31,35)/t29-/m1/s1. The number of fused-ring (bicyclic) bond motifs is 2. The smallest absolute Gasteiger partial charge is 0.325 e. The van der Waals surface area contributed by atoms with Gasteiger partial charge in [-0.05, 0) is 53.6 Å². The van der Waals surface area contributed by atoms with Gasteiger partial charge in [0.25, 0.3) is 5.91 Å². The van der Waals surface area contributed by atoms with E-state index in [1.807, 2.05) is 60.7 Å². The number of aryl methyl sites for hydroxylation is 1. The molecule has 37 heavy (non-hydrogen) atoms. The van der Waals surface area contributed by atoms with Crippen molar-refractivity contribution in [2.45, 2.75) is 38.0 Å². The van der Waals surface area contributed by atoms with E-state index in [9.17, 15) is 14.4 Å². The summed E-state index contributed by atoms with van der Waals surface area (Å²) in [5.74, 6) is 0.350. The van der Waals surface area contributed by atoms with E-state index in [1.165, 1.54) is 0 Å². The molecular formula is C29H29N3O5. The largest absolute Gasteiger partial charge is 0.493 e. The fourth-order valence-corrected chi connectivity index (χ4v) is 5.03. The minimum absolute atomic E-state index is 0.214. The fraction of sp³-hybridized carbons (Fsp3) is 0.276. The van der Waals surface area contributed by atoms with Crippen LogP contribution in [0.25, 0.3) is 0 Å². The maximum Gasteiger partial charge on any atom is 0.325 e. The molecule has 4 amide bonds. The third-order valence-electron chi connectivity index (χ3n) is 6.91. The molecule has 2 aliphatic rings. The molecule has 1 saturated heterocycles. The van der Waals surface area contributed by atoms with Crippen LogP contribution < -0.4 is 20.1 Å². The number of amides is 4. The first kappa shape index (κ1) is 24.4. The number of imide groups is 1. The molecule has 0 unspecified atom stereocenters. The molecule has 0 aromatic heterocycles. The van der Waals surface area contributed by atoms with Crippen molar-refractivity contribution in [2.24, 2.45) is 0 Å². The molecule has 2 N–H and O–H groups in total. The summed E-state index contributed by atoms with van der Waals surface area (Å²) in [5, 5.41) is 5.67. The second kappa shape index (κ2) is 10.3. The quantitative estimate of drug-likeness (QED) is 0.461. The van der Waals surface area contributed by atoms with Crippen molar-refractivity contribution in [1.82, 2.24) is 15.5 Å². The van der Waals surface area contributed by atoms with E-state index in [0.717, 1.165) is 40.0 Å². The highest BCUT2D eigenvalue weighted by Crippen LogP contribution is 2.39. The first-order chi connectivity index (χ1) is 18.0. The normalized spacial score (nSPS) is 18.4. The Morgan fingerprint density at radius 2 is 1.78 bits per heavy atom. The molecule has 1 aliphatic heterocycles. The number of carbonyl (C=O) groups excluding carboxylic acids is 3. The van der Waals surface area contributed by atoms with Crippen LogP contribution >= 0.6 is 0 Å². The molecule has 3 aromatic rings. The minimum atomic E-state index is -1.09. The summed E-state index contributed by atoms with van der Waals surface area (Å²) < 4.78 is 11.4. The van der Waals surface area contributed by atoms with Gasteiger partial charge in [-0.1, -0.05) is 60.7 Å². The minimum Gasteiger partial charge on any atom is -0.493 e. The van der Waals surface area contributed by atoms with Crippen molar-refractivity contribution < 1.29 is 23.9 Å². The summed E-state index contributed by atoms with van der Waals surface area (Å²) in [4.78, 5) is 39.9. The van der Waals surface area contributed by atoms with Crippen LogP contribution in [0.5, 0.6) is 11.5 Å². The maximum absolute atomic E-state index is 13.4. The number of urea groups is 1. The van der Waals surface area contributed by atoms with E-state index in [1.54, 1.807) is 19.2 Å². The first-order valence-corrected chi connectivity index (χ1v) is 12.3. The van der Waals surface area contributed by atoms with Gasteiger partial charge in [-0.2, -0.15) is 0 Å². The van der Waals surface area contributed by atoms with Gasteiger partial charge >= 0.3 is 6.03 Å². The zero-order chi connectivity index (χ0) is 25.8. The Hall–Kier alpha value is -4.33. The summed E-state index contributed by atoms with van der Waals surface area (Å²) in [5.41, 5.74) is 2.63. The number of methoxy groups -OCH3 is 1. The second-order valence-electron chi connectivity index (χ2n) is 9.27. The van der Waals surface area contributed by atoms with Gasteiger partial charge in [-0.25, -0.2) is 4.79 Å². The van der Waals surface area contributed by atoms with Crippen molar-refractivity contribution >= 4 is 17.8 Å². The van der Waals surface area contributed by atoms with Crippen LogP contribution in [0.15, 0.2) is 72.8 Å². The van der Waals surface area contributed by atoms with Gasteiger partial charge < -0.3 is 20.1 Å². The van der Waals surface area contributed by atoms with Gasteiger partial charge in [0.05, 0.1) is 7.11 Å². The number of nitrogens with one attached hydrogen (secondary N) is 2. The zero-order valence-electron chi connectivity index (χ0n) is 20.7. The number of hydrogen-bond acceptors (Lipinski definition) is 5. The lowest BCUT2D eigenvalue weighted by molar-refractivity contribution is -0.135. The maximum atomic E-state index is 13.4. The van der Waals surface area contributed by atoms with Crippen LogP contribution in [-0.2, 0) is 34.7 Å². The molecule has 0 saturated carbocycles. The summed E-state index contributed by atoms with van der Waals surface area (Å²) in [7, 11) is 1.56. The van der Waals surface area contributed by atoms with E-state index in [-0.39, 0.29) is 19.0 Å². The third-order valence-corrected chi connectivity index (χ3v) is 6.91. The average Bonchev–Trinajstić information content (AvgIpc) is 3.16. The van der Waals surface area contributed by atoms with Crippen LogP contribution in [0.1, 0.15) is 35.1 Å². The predicted molar refractivity (Wildman–Crippen MR) is 137 cm³/mol. The predicted octanol–water partition coefficient (Wildman–Crippen LogP) is 3.67. The van der Waals surface area contributed by atoms with Gasteiger partial charge in [-0.15, -0.1) is 0 Å². The van der Waals surface area contributed by atoms with Gasteiger partial charge in [-0.3, -0.25) is 14.5 Å². The van der Waals surface area contributed by atoms with Crippen molar-refractivity contribution in [3.8, 4) is 11.5 Å². The molecule has 0 bridgehead atoms. The van der Waals surface area contributed by atoms with E-state index >= 15 is 0 Å². The summed E-state index contributed by atoms with van der Waals surface area (Å²) in [6.45, 7) is 0.279. The molecule has 1 heterocycles. The fourth-order valence-electron chi connectivity index (χ4n) is 5.03. The van der Waals surface area contributed by atoms with Crippen molar-refractivity contribution in [1.29, 1.82) is 0 Å². The van der Waals surface area contributed by atoms with Gasteiger partial charge in [0.15, 0.2) is 11.5 Å². The van der Waals surface area contributed by atoms with E-state index in [2.05, 4.69) is 10.6 Å². The summed E-state index contributed by atoms with van der Waals surface area (Å²) >= 11 is 0. The molecule has 1 aliphatic carbocycles. The highest BCUT2D eigenvalue weighted by molar-refractivity contribution is 6.09. The molecule has 8 nitrogen and oxygen atoms in total. The first-order valence-electron chi connectivity index (χ1n) is 12.3. The van der Waals surface area contributed by atoms with Crippen molar-refractivity contribution in [2.75, 3.05) is 13.7 Å². The number of hydrogen-bond donors (Lipinski definition) is 2. The van der Waals surface area contributed by atoms with E-state index in [4.69, 9.17) is 9.47 Å². The lowest BCUT2D eigenvalue weighted by Crippen LogP contribution is -2.47. The number of nitrogens with zero attached hydrogens (tertiary/aromatic N) is 1. The van der Waals surface area contributed by atoms with Crippen molar-refractivity contribution in [3.05, 3.63) is 95.1 Å². The number of ether oxygens (including phenoxy) is 2. The van der Waals surface area contributed by atoms with Crippen molar-refractivity contribution in [3.63, 3.8) is 0 Å². The summed E-state index contributed by atoms with van der Waals surface area (Å²) in [6, 6.07) is 22.4. The monoisotopic (exact) mass is 499 g/mol. The van der Waals surface area contributed by atoms with Crippen LogP contribution in [0.4, 0.5) is 4.79 Å². The van der Waals surface area contributed by atoms with Gasteiger partial charge in [0, 0.05) is 6.54 Å². The Labute approximate surface area is 215 Å². The number of benzene rings is 3. The SMILES string of the molecule is COc1cc(CNC(=O)CN2C(=O)N[C@@]3(CCCc4ccccc43)C2=O)ccc1OCc1ccccc1. The van der Waals surface area contributed by atoms with E-state index in [0.29, 0.717) is 24.5 Å². The lowest BCUT2D eigenvalue weighted by Gasteiger charge is -2.33. The number of carbonyl (C=O) groups is 3. The molecule has 0 radical (unpaired) electrons. The molecule has 1 spiro atoms. The molecule has 8 heteroatoms. The number of rotatable bonds is 8. The molecule has 1 fully saturated rings. The highest BCUT2D eigenvalue weighted by Gasteiger charge is 2.54. The van der Waals surface area contributed by atoms with Gasteiger partial charge in [0.2, 0.25) is 5.91 Å². The average molecular weight is 500 g/mol. The summed E-state index contributed by atoms with van der Waals surface area (Å²) in [6.07, 6.45) is 2.17. The van der Waals surface area contributed by atoms with Crippen LogP contribution in [0.2, 0.25) is 0 Å². The molecule has 5 rings (SSSR count). The van der Waals surface area contributed by atoms with E-state index < -0.39 is 17.5 Å². The Bertz CT molecular complexity index is 1330. The lowest BCUT2D eigenvalue weighted by atomic mass is 9.76. The topological polar surface area (TPSA) is 97.0 Å². The van der Waals surface area contributed by atoms with Gasteiger partial charge in [0.1, 0.15) is 18.7 Å². The second-order valence-corrected chi connectivity index (χ2v) is 9.27. The zero-order valence-corrected chi connectivity index (χ0v) is 20.7. The van der Waals surface area contributed by atoms with Crippen LogP contribution in [0.3, 0.4) is 0 Å². The Kier molecular flexibility index (Phi) is 6.81. The molecule has 3 aromatic carbocycles.